The summed E-state index contributed by atoms with van der Waals surface area (Å²) in [5.41, 5.74) is 9.21. The number of nitrogens with two attached hydrogens (primary N) is 1. The zero-order chi connectivity index (χ0) is 28.1. The molecular weight excluding hydrogens is 520 g/mol. The van der Waals surface area contributed by atoms with Crippen molar-refractivity contribution in [1.29, 1.82) is 5.26 Å². The Labute approximate surface area is 236 Å². The predicted molar refractivity (Wildman–Crippen MR) is 157 cm³/mol. The minimum Gasteiger partial charge on any atom is -0.384 e. The number of carbonyl (C=O) groups is 1. The summed E-state index contributed by atoms with van der Waals surface area (Å²) >= 11 is 1.40. The third kappa shape index (κ3) is 5.10. The summed E-state index contributed by atoms with van der Waals surface area (Å²) in [6.45, 7) is 0. The van der Waals surface area contributed by atoms with Gasteiger partial charge in [-0.15, -0.1) is 11.8 Å². The zero-order valence-electron chi connectivity index (χ0n) is 21.3. The summed E-state index contributed by atoms with van der Waals surface area (Å²) in [6.07, 6.45) is 0. The topological polar surface area (TPSA) is 113 Å². The zero-order valence-corrected chi connectivity index (χ0v) is 22.1. The third-order valence-corrected chi connectivity index (χ3v) is 7.76. The number of hydrogen-bond donors (Lipinski definition) is 1. The molecule has 2 N–H and O–H groups in total. The number of nitro groups is 1. The standard InChI is InChI=1S/C32H24N4O3S/c33-20-26-28(25-18-10-11-19-27(25)36(38)39)29(30(37)23-14-6-2-7-15-23)32(40-21-22-12-4-1-5-13-22)35(31(26)34)24-16-8-3-9-17-24/h1-19,28H,21,34H2. The second kappa shape index (κ2) is 11.7. The van der Waals surface area contributed by atoms with E-state index in [9.17, 15) is 20.2 Å². The van der Waals surface area contributed by atoms with Gasteiger partial charge in [0.2, 0.25) is 0 Å². The van der Waals surface area contributed by atoms with Gasteiger partial charge in [-0.1, -0.05) is 97.1 Å². The van der Waals surface area contributed by atoms with Crippen molar-refractivity contribution in [1.82, 2.24) is 0 Å². The fourth-order valence-electron chi connectivity index (χ4n) is 4.77. The Morgan fingerprint density at radius 1 is 0.900 bits per heavy atom. The lowest BCUT2D eigenvalue weighted by molar-refractivity contribution is -0.385. The van der Waals surface area contributed by atoms with Crippen LogP contribution in [0.5, 0.6) is 0 Å². The first-order valence-corrected chi connectivity index (χ1v) is 13.5. The molecule has 0 saturated carbocycles. The van der Waals surface area contributed by atoms with Crippen molar-refractivity contribution in [3.63, 3.8) is 0 Å². The number of nitriles is 1. The molecule has 1 aliphatic rings. The minimum atomic E-state index is -1.04. The molecule has 8 heteroatoms. The average molecular weight is 545 g/mol. The number of Topliss-reactive ketones (excluding diaryl/α,β-unsaturated/α-hetero) is 1. The number of para-hydroxylation sites is 2. The molecule has 1 aliphatic heterocycles. The first kappa shape index (κ1) is 26.5. The van der Waals surface area contributed by atoms with Crippen LogP contribution >= 0.6 is 11.8 Å². The number of carbonyl (C=O) groups excluding carboxylic acids is 1. The Kier molecular flexibility index (Phi) is 7.76. The number of nitrogens with zero attached hydrogens (tertiary/aromatic N) is 3. The van der Waals surface area contributed by atoms with Gasteiger partial charge in [0, 0.05) is 34.2 Å². The van der Waals surface area contributed by atoms with Crippen LogP contribution in [-0.4, -0.2) is 10.7 Å². The number of anilines is 1. The first-order chi connectivity index (χ1) is 19.5. The maximum Gasteiger partial charge on any atom is 0.273 e. The van der Waals surface area contributed by atoms with Gasteiger partial charge in [0.1, 0.15) is 5.82 Å². The van der Waals surface area contributed by atoms with E-state index >= 15 is 0 Å². The largest absolute Gasteiger partial charge is 0.384 e. The SMILES string of the molecule is N#CC1=C(N)N(c2ccccc2)C(SCc2ccccc2)=C(C(=O)c2ccccc2)C1c1ccccc1[N+](=O)[O-]. The Morgan fingerprint density at radius 2 is 1.48 bits per heavy atom. The summed E-state index contributed by atoms with van der Waals surface area (Å²) in [6, 6.07) is 36.2. The molecule has 0 saturated heterocycles. The van der Waals surface area contributed by atoms with Crippen LogP contribution in [0.4, 0.5) is 11.4 Å². The molecule has 0 bridgehead atoms. The molecule has 0 spiro atoms. The molecule has 5 rings (SSSR count). The predicted octanol–water partition coefficient (Wildman–Crippen LogP) is 6.92. The highest BCUT2D eigenvalue weighted by molar-refractivity contribution is 8.02. The smallest absolute Gasteiger partial charge is 0.273 e. The number of benzene rings is 4. The fraction of sp³-hybridized carbons (Fsp3) is 0.0625. The molecule has 4 aromatic rings. The van der Waals surface area contributed by atoms with Crippen LogP contribution in [0.2, 0.25) is 0 Å². The van der Waals surface area contributed by atoms with Crippen LogP contribution < -0.4 is 10.6 Å². The Bertz CT molecular complexity index is 1660. The Hall–Kier alpha value is -5.13. The molecule has 1 heterocycles. The van der Waals surface area contributed by atoms with Crippen LogP contribution in [0.1, 0.15) is 27.4 Å². The van der Waals surface area contributed by atoms with Crippen LogP contribution in [0, 0.1) is 21.4 Å². The highest BCUT2D eigenvalue weighted by atomic mass is 32.2. The van der Waals surface area contributed by atoms with E-state index in [0.29, 0.717) is 22.0 Å². The molecule has 40 heavy (non-hydrogen) atoms. The van der Waals surface area contributed by atoms with Crippen LogP contribution in [-0.2, 0) is 5.75 Å². The quantitative estimate of drug-likeness (QED) is 0.145. The van der Waals surface area contributed by atoms with Crippen LogP contribution in [0.25, 0.3) is 0 Å². The van der Waals surface area contributed by atoms with Gasteiger partial charge in [0.15, 0.2) is 5.78 Å². The lowest BCUT2D eigenvalue weighted by atomic mass is 9.79. The molecule has 0 radical (unpaired) electrons. The summed E-state index contributed by atoms with van der Waals surface area (Å²) < 4.78 is 0. The number of rotatable bonds is 8. The molecule has 0 fully saturated rings. The van der Waals surface area contributed by atoms with Crippen molar-refractivity contribution in [2.45, 2.75) is 11.7 Å². The normalized spacial score (nSPS) is 15.1. The summed E-state index contributed by atoms with van der Waals surface area (Å²) in [5, 5.41) is 23.1. The molecule has 0 aromatic heterocycles. The van der Waals surface area contributed by atoms with E-state index in [0.717, 1.165) is 5.56 Å². The fourth-order valence-corrected chi connectivity index (χ4v) is 5.97. The van der Waals surface area contributed by atoms with Crippen molar-refractivity contribution in [2.75, 3.05) is 4.90 Å². The van der Waals surface area contributed by atoms with Gasteiger partial charge in [-0.2, -0.15) is 5.26 Å². The van der Waals surface area contributed by atoms with Crippen molar-refractivity contribution >= 4 is 28.9 Å². The second-order valence-electron chi connectivity index (χ2n) is 9.02. The Balaban J connectivity index is 1.82. The van der Waals surface area contributed by atoms with Gasteiger partial charge in [-0.3, -0.25) is 19.8 Å². The molecular formula is C32H24N4O3S. The molecule has 4 aromatic carbocycles. The van der Waals surface area contributed by atoms with E-state index in [-0.39, 0.29) is 34.0 Å². The first-order valence-electron chi connectivity index (χ1n) is 12.5. The maximum atomic E-state index is 14.4. The summed E-state index contributed by atoms with van der Waals surface area (Å²) in [7, 11) is 0. The van der Waals surface area contributed by atoms with E-state index in [1.54, 1.807) is 47.4 Å². The van der Waals surface area contributed by atoms with Gasteiger partial charge in [0.05, 0.1) is 27.5 Å². The third-order valence-electron chi connectivity index (χ3n) is 6.61. The lowest BCUT2D eigenvalue weighted by Crippen LogP contribution is -2.36. The monoisotopic (exact) mass is 544 g/mol. The van der Waals surface area contributed by atoms with Crippen molar-refractivity contribution in [3.8, 4) is 6.07 Å². The van der Waals surface area contributed by atoms with E-state index in [4.69, 9.17) is 5.73 Å². The molecule has 7 nitrogen and oxygen atoms in total. The summed E-state index contributed by atoms with van der Waals surface area (Å²) in [5.74, 6) is -0.751. The molecule has 1 atom stereocenters. The highest BCUT2D eigenvalue weighted by Crippen LogP contribution is 2.49. The molecule has 196 valence electrons. The highest BCUT2D eigenvalue weighted by Gasteiger charge is 2.42. The maximum absolute atomic E-state index is 14.4. The molecule has 0 aliphatic carbocycles. The number of nitro benzene ring substituents is 1. The number of hydrogen-bond acceptors (Lipinski definition) is 7. The van der Waals surface area contributed by atoms with E-state index in [1.165, 1.54) is 17.8 Å². The van der Waals surface area contributed by atoms with Gasteiger partial charge in [-0.05, 0) is 17.7 Å². The average Bonchev–Trinajstić information content (AvgIpc) is 3.00. The van der Waals surface area contributed by atoms with Gasteiger partial charge >= 0.3 is 0 Å². The number of ketones is 1. The summed E-state index contributed by atoms with van der Waals surface area (Å²) in [4.78, 5) is 27.7. The van der Waals surface area contributed by atoms with Crippen molar-refractivity contribution in [3.05, 3.63) is 164 Å². The van der Waals surface area contributed by atoms with E-state index in [2.05, 4.69) is 6.07 Å². The van der Waals surface area contributed by atoms with Crippen molar-refractivity contribution in [2.24, 2.45) is 5.73 Å². The van der Waals surface area contributed by atoms with Gasteiger partial charge in [0.25, 0.3) is 5.69 Å². The Morgan fingerprint density at radius 3 is 2.10 bits per heavy atom. The van der Waals surface area contributed by atoms with E-state index < -0.39 is 10.8 Å². The second-order valence-corrected chi connectivity index (χ2v) is 9.98. The number of thioether (sulfide) groups is 1. The molecule has 0 amide bonds. The van der Waals surface area contributed by atoms with Crippen molar-refractivity contribution < 1.29 is 9.72 Å². The van der Waals surface area contributed by atoms with Crippen LogP contribution in [0.15, 0.2) is 137 Å². The number of allylic oxidation sites excluding steroid dienone is 2. The van der Waals surface area contributed by atoms with Crippen LogP contribution in [0.3, 0.4) is 0 Å². The van der Waals surface area contributed by atoms with Gasteiger partial charge in [-0.25, -0.2) is 0 Å². The lowest BCUT2D eigenvalue weighted by Gasteiger charge is -2.37. The molecule has 1 unspecified atom stereocenters. The van der Waals surface area contributed by atoms with E-state index in [1.807, 2.05) is 66.7 Å². The van der Waals surface area contributed by atoms with Gasteiger partial charge < -0.3 is 5.73 Å². The minimum absolute atomic E-state index is 0.0708.